The Morgan fingerprint density at radius 2 is 1.29 bits per heavy atom. The molecule has 0 aromatic carbocycles. The van der Waals surface area contributed by atoms with Crippen molar-refractivity contribution in [2.75, 3.05) is 6.54 Å². The van der Waals surface area contributed by atoms with E-state index in [-0.39, 0.29) is 12.3 Å². The Balaban J connectivity index is 3.24. The van der Waals surface area contributed by atoms with E-state index in [1.807, 2.05) is 0 Å². The van der Waals surface area contributed by atoms with E-state index in [9.17, 15) is 14.4 Å². The molecule has 0 saturated heterocycles. The largest absolute Gasteiger partial charge is 0.481 e. The fourth-order valence-electron chi connectivity index (χ4n) is 1.88. The molecule has 21 heavy (non-hydrogen) atoms. The van der Waals surface area contributed by atoms with Crippen LogP contribution in [0.3, 0.4) is 0 Å². The van der Waals surface area contributed by atoms with Gasteiger partial charge in [0.25, 0.3) is 0 Å². The third-order valence-corrected chi connectivity index (χ3v) is 2.99. The van der Waals surface area contributed by atoms with Gasteiger partial charge in [-0.1, -0.05) is 38.5 Å². The normalized spacial score (nSPS) is 10.7. The Hall–Kier alpha value is -1.85. The fraction of sp³-hybridized carbons (Fsp3) is 0.667. The summed E-state index contributed by atoms with van der Waals surface area (Å²) in [5.74, 6) is -2.24. The molecule has 0 spiro atoms. The highest BCUT2D eigenvalue weighted by molar-refractivity contribution is 5.93. The van der Waals surface area contributed by atoms with Crippen LogP contribution >= 0.6 is 0 Å². The molecule has 0 aromatic heterocycles. The zero-order chi connectivity index (χ0) is 15.9. The van der Waals surface area contributed by atoms with Gasteiger partial charge in [-0.25, -0.2) is 4.79 Å². The fourth-order valence-corrected chi connectivity index (χ4v) is 1.88. The van der Waals surface area contributed by atoms with Crippen molar-refractivity contribution in [1.82, 2.24) is 5.32 Å². The lowest BCUT2D eigenvalue weighted by molar-refractivity contribution is -0.137. The number of hydrogen-bond donors (Lipinski definition) is 3. The number of aliphatic carboxylic acids is 2. The minimum Gasteiger partial charge on any atom is -0.481 e. The van der Waals surface area contributed by atoms with Crippen LogP contribution in [0.1, 0.15) is 57.8 Å². The van der Waals surface area contributed by atoms with Crippen molar-refractivity contribution in [1.29, 1.82) is 0 Å². The van der Waals surface area contributed by atoms with Crippen molar-refractivity contribution in [2.45, 2.75) is 57.8 Å². The van der Waals surface area contributed by atoms with E-state index >= 15 is 0 Å². The minimum atomic E-state index is -1.13. The first kappa shape index (κ1) is 19.1. The summed E-state index contributed by atoms with van der Waals surface area (Å²) in [7, 11) is 0. The zero-order valence-electron chi connectivity index (χ0n) is 12.3. The summed E-state index contributed by atoms with van der Waals surface area (Å²) in [6.45, 7) is 0.557. The maximum Gasteiger partial charge on any atom is 0.328 e. The number of nitrogens with one attached hydrogen (secondary N) is 1. The van der Waals surface area contributed by atoms with E-state index in [1.165, 1.54) is 0 Å². The van der Waals surface area contributed by atoms with E-state index in [2.05, 4.69) is 5.32 Å². The molecule has 0 heterocycles. The monoisotopic (exact) mass is 299 g/mol. The van der Waals surface area contributed by atoms with Gasteiger partial charge in [0.05, 0.1) is 0 Å². The number of carboxylic acids is 2. The van der Waals surface area contributed by atoms with Crippen molar-refractivity contribution in [3.63, 3.8) is 0 Å². The molecule has 0 atom stereocenters. The van der Waals surface area contributed by atoms with Crippen LogP contribution in [-0.4, -0.2) is 34.6 Å². The second-order valence-corrected chi connectivity index (χ2v) is 4.93. The van der Waals surface area contributed by atoms with Gasteiger partial charge in [-0.3, -0.25) is 9.59 Å². The number of rotatable bonds is 13. The van der Waals surface area contributed by atoms with Gasteiger partial charge in [0.15, 0.2) is 0 Å². The average Bonchev–Trinajstić information content (AvgIpc) is 2.42. The molecule has 0 bridgehead atoms. The molecule has 1 amide bonds. The summed E-state index contributed by atoms with van der Waals surface area (Å²) in [5, 5.41) is 19.4. The van der Waals surface area contributed by atoms with Gasteiger partial charge >= 0.3 is 11.9 Å². The molecule has 6 nitrogen and oxygen atoms in total. The smallest absolute Gasteiger partial charge is 0.328 e. The summed E-state index contributed by atoms with van der Waals surface area (Å²) < 4.78 is 0. The van der Waals surface area contributed by atoms with Crippen LogP contribution in [-0.2, 0) is 14.4 Å². The Labute approximate surface area is 125 Å². The van der Waals surface area contributed by atoms with Crippen LogP contribution < -0.4 is 5.32 Å². The molecule has 0 rings (SSSR count). The van der Waals surface area contributed by atoms with Gasteiger partial charge in [-0.05, 0) is 12.8 Å². The summed E-state index contributed by atoms with van der Waals surface area (Å²) in [4.78, 5) is 31.6. The Morgan fingerprint density at radius 1 is 0.762 bits per heavy atom. The molecule has 0 saturated carbocycles. The van der Waals surface area contributed by atoms with Gasteiger partial charge in [0.2, 0.25) is 5.91 Å². The first-order valence-electron chi connectivity index (χ1n) is 7.43. The molecule has 0 unspecified atom stereocenters. The van der Waals surface area contributed by atoms with Crippen LogP contribution in [0, 0.1) is 0 Å². The SMILES string of the molecule is O=C(O)C=CC(=O)NCCCCCCCCCCC(=O)O. The average molecular weight is 299 g/mol. The maximum atomic E-state index is 11.1. The van der Waals surface area contributed by atoms with E-state index in [4.69, 9.17) is 10.2 Å². The van der Waals surface area contributed by atoms with E-state index in [0.29, 0.717) is 6.54 Å². The Morgan fingerprint density at radius 3 is 1.81 bits per heavy atom. The van der Waals surface area contributed by atoms with Gasteiger partial charge in [-0.2, -0.15) is 0 Å². The number of carboxylic acid groups (broad SMARTS) is 2. The van der Waals surface area contributed by atoms with E-state index < -0.39 is 11.9 Å². The van der Waals surface area contributed by atoms with Gasteiger partial charge in [-0.15, -0.1) is 0 Å². The molecule has 0 aliphatic carbocycles. The molecule has 6 heteroatoms. The van der Waals surface area contributed by atoms with Gasteiger partial charge in [0, 0.05) is 25.1 Å². The molecule has 120 valence electrons. The third kappa shape index (κ3) is 16.1. The maximum absolute atomic E-state index is 11.1. The van der Waals surface area contributed by atoms with Crippen molar-refractivity contribution in [2.24, 2.45) is 0 Å². The van der Waals surface area contributed by atoms with Gasteiger partial charge < -0.3 is 15.5 Å². The molecular formula is C15H25NO5. The van der Waals surface area contributed by atoms with Crippen molar-refractivity contribution in [3.05, 3.63) is 12.2 Å². The lowest BCUT2D eigenvalue weighted by atomic mass is 10.1. The molecule has 0 aromatic rings. The van der Waals surface area contributed by atoms with Crippen molar-refractivity contribution < 1.29 is 24.6 Å². The van der Waals surface area contributed by atoms with Crippen molar-refractivity contribution in [3.8, 4) is 0 Å². The molecule has 0 radical (unpaired) electrons. The Kier molecular flexibility index (Phi) is 12.0. The molecule has 0 aliphatic heterocycles. The predicted octanol–water partition coefficient (Wildman–Crippen LogP) is 2.34. The molecular weight excluding hydrogens is 274 g/mol. The topological polar surface area (TPSA) is 104 Å². The number of unbranched alkanes of at least 4 members (excludes halogenated alkanes) is 7. The van der Waals surface area contributed by atoms with Gasteiger partial charge in [0.1, 0.15) is 0 Å². The third-order valence-electron chi connectivity index (χ3n) is 2.99. The number of carbonyl (C=O) groups excluding carboxylic acids is 1. The minimum absolute atomic E-state index is 0.260. The van der Waals surface area contributed by atoms with Crippen LogP contribution in [0.2, 0.25) is 0 Å². The van der Waals surface area contributed by atoms with Crippen molar-refractivity contribution >= 4 is 17.8 Å². The molecule has 3 N–H and O–H groups in total. The quantitative estimate of drug-likeness (QED) is 0.358. The Bertz CT molecular complexity index is 352. The van der Waals surface area contributed by atoms with Crippen LogP contribution in [0.15, 0.2) is 12.2 Å². The zero-order valence-corrected chi connectivity index (χ0v) is 12.3. The number of hydrogen-bond acceptors (Lipinski definition) is 3. The van der Waals surface area contributed by atoms with E-state index in [1.54, 1.807) is 0 Å². The van der Waals surface area contributed by atoms with E-state index in [0.717, 1.165) is 63.5 Å². The standard InChI is InChI=1S/C15H25NO5/c17-13(10-11-15(20)21)16-12-8-6-4-2-1-3-5-7-9-14(18)19/h10-11H,1-9,12H2,(H,16,17)(H,18,19)(H,20,21). The lowest BCUT2D eigenvalue weighted by Crippen LogP contribution is -2.22. The highest BCUT2D eigenvalue weighted by Crippen LogP contribution is 2.09. The first-order valence-corrected chi connectivity index (χ1v) is 7.43. The lowest BCUT2D eigenvalue weighted by Gasteiger charge is -2.03. The first-order chi connectivity index (χ1) is 10.0. The molecule has 0 aliphatic rings. The van der Waals surface area contributed by atoms with Crippen LogP contribution in [0.4, 0.5) is 0 Å². The van der Waals surface area contributed by atoms with Crippen LogP contribution in [0.25, 0.3) is 0 Å². The highest BCUT2D eigenvalue weighted by atomic mass is 16.4. The second-order valence-electron chi connectivity index (χ2n) is 4.93. The summed E-state index contributed by atoms with van der Waals surface area (Å²) >= 11 is 0. The predicted molar refractivity (Wildman–Crippen MR) is 79.0 cm³/mol. The number of carbonyl (C=O) groups is 3. The highest BCUT2D eigenvalue weighted by Gasteiger charge is 1.98. The summed E-state index contributed by atoms with van der Waals surface area (Å²) in [6, 6.07) is 0. The summed E-state index contributed by atoms with van der Waals surface area (Å²) in [6.07, 6.45) is 10.1. The summed E-state index contributed by atoms with van der Waals surface area (Å²) in [5.41, 5.74) is 0. The van der Waals surface area contributed by atoms with Crippen LogP contribution in [0.5, 0.6) is 0 Å². The second kappa shape index (κ2) is 13.1. The number of amides is 1. The molecule has 0 fully saturated rings.